The predicted octanol–water partition coefficient (Wildman–Crippen LogP) is 1.59. The number of aromatic nitrogens is 2. The van der Waals surface area contributed by atoms with Crippen molar-refractivity contribution in [3.8, 4) is 0 Å². The summed E-state index contributed by atoms with van der Waals surface area (Å²) in [5.74, 6) is 0.655. The molecule has 1 saturated carbocycles. The summed E-state index contributed by atoms with van der Waals surface area (Å²) in [4.78, 5) is 0. The van der Waals surface area contributed by atoms with Crippen molar-refractivity contribution in [1.29, 1.82) is 0 Å². The van der Waals surface area contributed by atoms with Crippen molar-refractivity contribution < 1.29 is 9.31 Å². The molecule has 0 amide bonds. The fraction of sp³-hybridized carbons (Fsp3) is 0.750. The van der Waals surface area contributed by atoms with E-state index in [0.29, 0.717) is 5.92 Å². The summed E-state index contributed by atoms with van der Waals surface area (Å²) in [6, 6.07) is 0. The van der Waals surface area contributed by atoms with Crippen molar-refractivity contribution >= 4 is 12.7 Å². The summed E-state index contributed by atoms with van der Waals surface area (Å²) in [5, 5.41) is 7.18. The quantitative estimate of drug-likeness (QED) is 0.790. The summed E-state index contributed by atoms with van der Waals surface area (Å²) in [6.07, 6.45) is 4.43. The molecule has 1 aromatic heterocycles. The molecule has 0 radical (unpaired) electrons. The van der Waals surface area contributed by atoms with Gasteiger partial charge in [-0.15, -0.1) is 0 Å². The minimum Gasteiger partial charge on any atom is -0.398 e. The van der Waals surface area contributed by atoms with Gasteiger partial charge < -0.3 is 9.31 Å². The van der Waals surface area contributed by atoms with Crippen molar-refractivity contribution in [3.05, 3.63) is 11.8 Å². The minimum absolute atomic E-state index is 0.288. The number of aromatic amines is 1. The fourth-order valence-electron chi connectivity index (χ4n) is 2.17. The Morgan fingerprint density at radius 3 is 2.35 bits per heavy atom. The van der Waals surface area contributed by atoms with Gasteiger partial charge in [0.15, 0.2) is 0 Å². The van der Waals surface area contributed by atoms with Crippen molar-refractivity contribution in [2.75, 3.05) is 0 Å². The Kier molecular flexibility index (Phi) is 2.23. The maximum Gasteiger partial charge on any atom is 0.514 e. The molecule has 3 rings (SSSR count). The Labute approximate surface area is 102 Å². The molecule has 0 aromatic carbocycles. The summed E-state index contributed by atoms with van der Waals surface area (Å²) >= 11 is 0. The van der Waals surface area contributed by atoms with Crippen LogP contribution in [0.4, 0.5) is 0 Å². The van der Waals surface area contributed by atoms with Crippen LogP contribution in [0, 0.1) is 0 Å². The number of nitrogens with one attached hydrogen (secondary N) is 1. The van der Waals surface area contributed by atoms with Gasteiger partial charge in [-0.2, -0.15) is 5.10 Å². The van der Waals surface area contributed by atoms with E-state index in [-0.39, 0.29) is 18.3 Å². The van der Waals surface area contributed by atoms with Crippen molar-refractivity contribution in [2.24, 2.45) is 0 Å². The lowest BCUT2D eigenvalue weighted by Gasteiger charge is -2.32. The lowest BCUT2D eigenvalue weighted by Crippen LogP contribution is -2.41. The minimum atomic E-state index is -0.307. The van der Waals surface area contributed by atoms with E-state index in [9.17, 15) is 0 Å². The topological polar surface area (TPSA) is 47.1 Å². The van der Waals surface area contributed by atoms with Crippen molar-refractivity contribution in [2.45, 2.75) is 57.7 Å². The third-order valence-corrected chi connectivity index (χ3v) is 4.21. The molecule has 1 saturated heterocycles. The zero-order valence-electron chi connectivity index (χ0n) is 10.9. The Bertz CT molecular complexity index is 421. The second kappa shape index (κ2) is 3.36. The first kappa shape index (κ1) is 11.3. The molecule has 17 heavy (non-hydrogen) atoms. The van der Waals surface area contributed by atoms with E-state index >= 15 is 0 Å². The van der Waals surface area contributed by atoms with E-state index in [2.05, 4.69) is 37.9 Å². The predicted molar refractivity (Wildman–Crippen MR) is 66.3 cm³/mol. The zero-order valence-corrected chi connectivity index (χ0v) is 10.9. The van der Waals surface area contributed by atoms with Crippen molar-refractivity contribution in [1.82, 2.24) is 10.2 Å². The van der Waals surface area contributed by atoms with Gasteiger partial charge in [-0.25, -0.2) is 0 Å². The van der Waals surface area contributed by atoms with Crippen LogP contribution in [0.3, 0.4) is 0 Å². The number of rotatable bonds is 2. The molecule has 4 nitrogen and oxygen atoms in total. The second-order valence-corrected chi connectivity index (χ2v) is 6.10. The molecular weight excluding hydrogens is 215 g/mol. The van der Waals surface area contributed by atoms with Gasteiger partial charge in [-0.3, -0.25) is 5.10 Å². The van der Waals surface area contributed by atoms with Gasteiger partial charge in [0.2, 0.25) is 0 Å². The van der Waals surface area contributed by atoms with Crippen LogP contribution in [0.2, 0.25) is 0 Å². The van der Waals surface area contributed by atoms with Gasteiger partial charge >= 0.3 is 7.12 Å². The highest BCUT2D eigenvalue weighted by Gasteiger charge is 2.53. The first-order valence-corrected chi connectivity index (χ1v) is 6.29. The maximum absolute atomic E-state index is 6.03. The van der Waals surface area contributed by atoms with E-state index in [1.54, 1.807) is 0 Å². The van der Waals surface area contributed by atoms with Gasteiger partial charge in [0.1, 0.15) is 0 Å². The molecule has 2 aliphatic rings. The summed E-state index contributed by atoms with van der Waals surface area (Å²) in [6.45, 7) is 8.28. The molecule has 1 aromatic rings. The molecule has 1 aliphatic heterocycles. The highest BCUT2D eigenvalue weighted by molar-refractivity contribution is 6.61. The van der Waals surface area contributed by atoms with Gasteiger partial charge in [0, 0.05) is 0 Å². The third kappa shape index (κ3) is 1.72. The standard InChI is InChI=1S/C12H19BN2O2/c1-11(2)12(3,4)17-13(16-11)10-9(7-14-15-10)8-5-6-8/h7-8H,5-6H2,1-4H3,(H,14,15). The van der Waals surface area contributed by atoms with Crippen LogP contribution < -0.4 is 5.59 Å². The Morgan fingerprint density at radius 2 is 1.82 bits per heavy atom. The van der Waals surface area contributed by atoms with Crippen LogP contribution >= 0.6 is 0 Å². The molecule has 1 aliphatic carbocycles. The molecule has 5 heteroatoms. The lowest BCUT2D eigenvalue weighted by molar-refractivity contribution is 0.00578. The molecule has 2 fully saturated rings. The van der Waals surface area contributed by atoms with Gasteiger partial charge in [-0.1, -0.05) is 0 Å². The molecule has 0 bridgehead atoms. The van der Waals surface area contributed by atoms with Crippen LogP contribution in [-0.2, 0) is 9.31 Å². The highest BCUT2D eigenvalue weighted by atomic mass is 16.7. The van der Waals surface area contributed by atoms with Gasteiger partial charge in [0.25, 0.3) is 0 Å². The summed E-state index contributed by atoms with van der Waals surface area (Å²) in [7, 11) is -0.307. The number of nitrogens with zero attached hydrogens (tertiary/aromatic N) is 1. The highest BCUT2D eigenvalue weighted by Crippen LogP contribution is 2.41. The first-order chi connectivity index (χ1) is 7.91. The fourth-order valence-corrected chi connectivity index (χ4v) is 2.17. The SMILES string of the molecule is CC1(C)OB(c2[nH]ncc2C2CC2)OC1(C)C. The smallest absolute Gasteiger partial charge is 0.398 e. The summed E-state index contributed by atoms with van der Waals surface area (Å²) < 4.78 is 12.1. The average Bonchev–Trinajstić information content (AvgIpc) is 2.88. The largest absolute Gasteiger partial charge is 0.514 e. The number of hydrogen-bond donors (Lipinski definition) is 1. The molecule has 0 unspecified atom stereocenters. The van der Waals surface area contributed by atoms with Crippen LogP contribution in [-0.4, -0.2) is 28.5 Å². The van der Waals surface area contributed by atoms with E-state index in [1.807, 2.05) is 6.20 Å². The van der Waals surface area contributed by atoms with Crippen molar-refractivity contribution in [3.63, 3.8) is 0 Å². The average molecular weight is 234 g/mol. The van der Waals surface area contributed by atoms with Crippen LogP contribution in [0.1, 0.15) is 52.0 Å². The molecule has 0 atom stereocenters. The Balaban J connectivity index is 1.89. The van der Waals surface area contributed by atoms with Crippen LogP contribution in [0.25, 0.3) is 0 Å². The van der Waals surface area contributed by atoms with E-state index in [1.165, 1.54) is 18.4 Å². The Hall–Kier alpha value is -0.805. The third-order valence-electron chi connectivity index (χ3n) is 4.21. The first-order valence-electron chi connectivity index (χ1n) is 6.29. The maximum atomic E-state index is 6.03. The monoisotopic (exact) mass is 234 g/mol. The number of hydrogen-bond acceptors (Lipinski definition) is 3. The van der Waals surface area contributed by atoms with E-state index in [0.717, 1.165) is 5.59 Å². The van der Waals surface area contributed by atoms with Gasteiger partial charge in [0.05, 0.1) is 23.0 Å². The number of H-pyrrole nitrogens is 1. The summed E-state index contributed by atoms with van der Waals surface area (Å²) in [5.41, 5.74) is 1.70. The Morgan fingerprint density at radius 1 is 1.24 bits per heavy atom. The lowest BCUT2D eigenvalue weighted by atomic mass is 9.81. The normalized spacial score (nSPS) is 26.5. The second-order valence-electron chi connectivity index (χ2n) is 6.10. The van der Waals surface area contributed by atoms with Gasteiger partial charge in [-0.05, 0) is 52.0 Å². The molecule has 1 N–H and O–H groups in total. The van der Waals surface area contributed by atoms with E-state index < -0.39 is 0 Å². The molecule has 2 heterocycles. The zero-order chi connectivity index (χ0) is 12.3. The van der Waals surface area contributed by atoms with E-state index in [4.69, 9.17) is 9.31 Å². The van der Waals surface area contributed by atoms with Crippen LogP contribution in [0.5, 0.6) is 0 Å². The van der Waals surface area contributed by atoms with Crippen LogP contribution in [0.15, 0.2) is 6.20 Å². The molecule has 0 spiro atoms. The molecule has 92 valence electrons. The molecular formula is C12H19BN2O2.